The van der Waals surface area contributed by atoms with Crippen LogP contribution in [0.4, 0.5) is 11.4 Å². The summed E-state index contributed by atoms with van der Waals surface area (Å²) in [6.07, 6.45) is 5.54. The molecule has 0 aliphatic carbocycles. The molecule has 1 aromatic carbocycles. The number of pyridine rings is 1. The summed E-state index contributed by atoms with van der Waals surface area (Å²) in [7, 11) is 2.23. The number of piperidine rings is 1. The first-order valence-electron chi connectivity index (χ1n) is 9.97. The van der Waals surface area contributed by atoms with E-state index in [2.05, 4.69) is 56.1 Å². The summed E-state index contributed by atoms with van der Waals surface area (Å²) in [4.78, 5) is 21.3. The van der Waals surface area contributed by atoms with Crippen LogP contribution in [0.5, 0.6) is 0 Å². The molecule has 4 rings (SSSR count). The summed E-state index contributed by atoms with van der Waals surface area (Å²) in [6, 6.07) is 14.5. The number of carbonyl (C=O) groups excluding carboxylic acids is 1. The molecule has 150 valence electrons. The van der Waals surface area contributed by atoms with Crippen LogP contribution in [0.15, 0.2) is 65.6 Å². The normalized spacial score (nSPS) is 14.9. The van der Waals surface area contributed by atoms with E-state index in [0.29, 0.717) is 11.6 Å². The fraction of sp³-hybridized carbons (Fsp3) is 0.304. The van der Waals surface area contributed by atoms with E-state index in [1.165, 1.54) is 5.56 Å². The highest BCUT2D eigenvalue weighted by Gasteiger charge is 2.23. The first-order valence-corrected chi connectivity index (χ1v) is 10.9. The lowest BCUT2D eigenvalue weighted by Gasteiger charge is -2.38. The molecule has 0 spiro atoms. The van der Waals surface area contributed by atoms with E-state index in [0.717, 1.165) is 43.9 Å². The van der Waals surface area contributed by atoms with Gasteiger partial charge in [0.2, 0.25) is 0 Å². The van der Waals surface area contributed by atoms with Gasteiger partial charge >= 0.3 is 0 Å². The Morgan fingerprint density at radius 1 is 1.24 bits per heavy atom. The smallest absolute Gasteiger partial charge is 0.257 e. The molecule has 0 radical (unpaired) electrons. The molecule has 0 atom stereocenters. The minimum Gasteiger partial charge on any atom is -0.371 e. The average molecular weight is 407 g/mol. The van der Waals surface area contributed by atoms with Gasteiger partial charge in [0.1, 0.15) is 0 Å². The van der Waals surface area contributed by atoms with Gasteiger partial charge in [0.25, 0.3) is 5.91 Å². The molecule has 1 aliphatic rings. The Morgan fingerprint density at radius 2 is 2.10 bits per heavy atom. The molecule has 0 bridgehead atoms. The van der Waals surface area contributed by atoms with Crippen molar-refractivity contribution in [3.05, 3.63) is 76.7 Å². The van der Waals surface area contributed by atoms with Crippen molar-refractivity contribution in [1.29, 1.82) is 0 Å². The number of benzene rings is 1. The monoisotopic (exact) mass is 406 g/mol. The molecule has 1 fully saturated rings. The lowest BCUT2D eigenvalue weighted by molar-refractivity contribution is 0.102. The predicted octanol–water partition coefficient (Wildman–Crippen LogP) is 4.50. The van der Waals surface area contributed by atoms with Gasteiger partial charge < -0.3 is 10.2 Å². The van der Waals surface area contributed by atoms with Gasteiger partial charge in [0, 0.05) is 49.4 Å². The Labute approximate surface area is 176 Å². The van der Waals surface area contributed by atoms with E-state index in [1.807, 2.05) is 12.1 Å². The number of anilines is 2. The van der Waals surface area contributed by atoms with E-state index in [1.54, 1.807) is 35.9 Å². The number of aromatic nitrogens is 1. The van der Waals surface area contributed by atoms with Crippen molar-refractivity contribution < 1.29 is 4.79 Å². The fourth-order valence-corrected chi connectivity index (χ4v) is 4.51. The van der Waals surface area contributed by atoms with Gasteiger partial charge in [-0.1, -0.05) is 6.07 Å². The van der Waals surface area contributed by atoms with Gasteiger partial charge in [-0.2, -0.15) is 11.3 Å². The molecule has 5 nitrogen and oxygen atoms in total. The molecule has 3 heterocycles. The second kappa shape index (κ2) is 9.20. The maximum absolute atomic E-state index is 12.4. The van der Waals surface area contributed by atoms with Crippen LogP contribution in [0.3, 0.4) is 0 Å². The number of carbonyl (C=O) groups is 1. The van der Waals surface area contributed by atoms with Crippen LogP contribution in [-0.2, 0) is 6.54 Å². The topological polar surface area (TPSA) is 48.5 Å². The van der Waals surface area contributed by atoms with Crippen LogP contribution < -0.4 is 10.2 Å². The Bertz CT molecular complexity index is 921. The van der Waals surface area contributed by atoms with Gasteiger partial charge in [-0.15, -0.1) is 0 Å². The summed E-state index contributed by atoms with van der Waals surface area (Å²) in [5, 5.41) is 7.35. The van der Waals surface area contributed by atoms with E-state index < -0.39 is 0 Å². The van der Waals surface area contributed by atoms with Crippen LogP contribution in [0.25, 0.3) is 0 Å². The number of thiophene rings is 1. The van der Waals surface area contributed by atoms with Crippen LogP contribution in [0.2, 0.25) is 0 Å². The van der Waals surface area contributed by atoms with Crippen molar-refractivity contribution >= 4 is 28.6 Å². The van der Waals surface area contributed by atoms with Crippen molar-refractivity contribution in [2.75, 3.05) is 30.4 Å². The highest BCUT2D eigenvalue weighted by atomic mass is 32.1. The standard InChI is InChI=1S/C23H26N4OS/c1-26(16-18-9-13-29-17-18)21-7-11-27(12-8-21)22-6-2-5-20(14-22)25-23(28)19-4-3-10-24-15-19/h2-6,9-10,13-15,17,21H,7-8,11-12,16H2,1H3,(H,25,28). The van der Waals surface area contributed by atoms with Gasteiger partial charge in [-0.3, -0.25) is 14.7 Å². The molecule has 1 N–H and O–H groups in total. The number of hydrogen-bond acceptors (Lipinski definition) is 5. The molecule has 0 unspecified atom stereocenters. The van der Waals surface area contributed by atoms with E-state index in [4.69, 9.17) is 0 Å². The number of hydrogen-bond donors (Lipinski definition) is 1. The van der Waals surface area contributed by atoms with E-state index >= 15 is 0 Å². The SMILES string of the molecule is CN(Cc1ccsc1)C1CCN(c2cccc(NC(=O)c3cccnc3)c2)CC1. The second-order valence-corrected chi connectivity index (χ2v) is 8.29. The third kappa shape index (κ3) is 5.02. The Kier molecular flexibility index (Phi) is 6.22. The Morgan fingerprint density at radius 3 is 2.83 bits per heavy atom. The number of nitrogens with zero attached hydrogens (tertiary/aromatic N) is 3. The van der Waals surface area contributed by atoms with Crippen molar-refractivity contribution in [2.24, 2.45) is 0 Å². The van der Waals surface area contributed by atoms with Gasteiger partial charge in [0.15, 0.2) is 0 Å². The minimum absolute atomic E-state index is 0.135. The zero-order valence-corrected chi connectivity index (χ0v) is 17.4. The van der Waals surface area contributed by atoms with Gasteiger partial charge in [0.05, 0.1) is 5.56 Å². The highest BCUT2D eigenvalue weighted by Crippen LogP contribution is 2.25. The third-order valence-electron chi connectivity index (χ3n) is 5.49. The zero-order valence-electron chi connectivity index (χ0n) is 16.6. The molecule has 6 heteroatoms. The quantitative estimate of drug-likeness (QED) is 0.655. The number of rotatable bonds is 6. The van der Waals surface area contributed by atoms with Crippen LogP contribution >= 0.6 is 11.3 Å². The third-order valence-corrected chi connectivity index (χ3v) is 6.22. The van der Waals surface area contributed by atoms with Crippen LogP contribution in [0.1, 0.15) is 28.8 Å². The average Bonchev–Trinajstić information content (AvgIpc) is 3.28. The predicted molar refractivity (Wildman–Crippen MR) is 120 cm³/mol. The molecular formula is C23H26N4OS. The van der Waals surface area contributed by atoms with Crippen molar-refractivity contribution in [3.63, 3.8) is 0 Å². The maximum Gasteiger partial charge on any atom is 0.257 e. The molecule has 0 saturated carbocycles. The van der Waals surface area contributed by atoms with Crippen LogP contribution in [0, 0.1) is 0 Å². The van der Waals surface area contributed by atoms with Crippen molar-refractivity contribution in [1.82, 2.24) is 9.88 Å². The Balaban J connectivity index is 1.34. The summed E-state index contributed by atoms with van der Waals surface area (Å²) >= 11 is 1.76. The van der Waals surface area contributed by atoms with E-state index in [-0.39, 0.29) is 5.91 Å². The summed E-state index contributed by atoms with van der Waals surface area (Å²) in [6.45, 7) is 3.07. The van der Waals surface area contributed by atoms with Crippen molar-refractivity contribution in [2.45, 2.75) is 25.4 Å². The largest absolute Gasteiger partial charge is 0.371 e. The van der Waals surface area contributed by atoms with Crippen molar-refractivity contribution in [3.8, 4) is 0 Å². The van der Waals surface area contributed by atoms with Gasteiger partial charge in [-0.05, 0) is 72.6 Å². The molecular weight excluding hydrogens is 380 g/mol. The Hall–Kier alpha value is -2.70. The first-order chi connectivity index (χ1) is 14.2. The highest BCUT2D eigenvalue weighted by molar-refractivity contribution is 7.07. The van der Waals surface area contributed by atoms with E-state index in [9.17, 15) is 4.79 Å². The summed E-state index contributed by atoms with van der Waals surface area (Å²) in [5.41, 5.74) is 3.94. The molecule has 29 heavy (non-hydrogen) atoms. The molecule has 1 amide bonds. The first kappa shape index (κ1) is 19.6. The summed E-state index contributed by atoms with van der Waals surface area (Å²) in [5.74, 6) is -0.135. The molecule has 3 aromatic rings. The number of amides is 1. The zero-order chi connectivity index (χ0) is 20.1. The number of nitrogens with one attached hydrogen (secondary N) is 1. The minimum atomic E-state index is -0.135. The lowest BCUT2D eigenvalue weighted by atomic mass is 10.0. The lowest BCUT2D eigenvalue weighted by Crippen LogP contribution is -2.43. The molecule has 1 aliphatic heterocycles. The van der Waals surface area contributed by atoms with Crippen LogP contribution in [-0.4, -0.2) is 42.0 Å². The summed E-state index contributed by atoms with van der Waals surface area (Å²) < 4.78 is 0. The van der Waals surface area contributed by atoms with Gasteiger partial charge in [-0.25, -0.2) is 0 Å². The molecule has 2 aromatic heterocycles. The maximum atomic E-state index is 12.4. The fourth-order valence-electron chi connectivity index (χ4n) is 3.85. The second-order valence-electron chi connectivity index (χ2n) is 7.51. The molecule has 1 saturated heterocycles.